The molecule has 0 aliphatic carbocycles. The molecule has 2 aromatic rings. The summed E-state index contributed by atoms with van der Waals surface area (Å²) in [7, 11) is 1.78. The van der Waals surface area contributed by atoms with Crippen molar-refractivity contribution in [2.24, 2.45) is 12.9 Å². The summed E-state index contributed by atoms with van der Waals surface area (Å²) in [5.41, 5.74) is 3.38. The minimum atomic E-state index is -0.539. The van der Waals surface area contributed by atoms with Gasteiger partial charge in [0.05, 0.1) is 5.69 Å². The van der Waals surface area contributed by atoms with E-state index in [9.17, 15) is 4.39 Å². The van der Waals surface area contributed by atoms with Crippen LogP contribution in [-0.2, 0) is 7.05 Å². The zero-order valence-corrected chi connectivity index (χ0v) is 8.76. The van der Waals surface area contributed by atoms with Crippen LogP contribution < -0.4 is 11.3 Å². The molecule has 0 saturated heterocycles. The van der Waals surface area contributed by atoms with Gasteiger partial charge < -0.3 is 0 Å². The number of nitrogens with two attached hydrogens (primary N) is 1. The van der Waals surface area contributed by atoms with Gasteiger partial charge in [0.1, 0.15) is 17.6 Å². The number of hydrogen-bond acceptors (Lipinski definition) is 4. The van der Waals surface area contributed by atoms with Crippen molar-refractivity contribution in [2.45, 2.75) is 6.04 Å². The number of halogens is 1. The molecule has 2 aromatic heterocycles. The topological polar surface area (TPSA) is 68.8 Å². The van der Waals surface area contributed by atoms with Crippen molar-refractivity contribution in [2.75, 3.05) is 0 Å². The van der Waals surface area contributed by atoms with Crippen molar-refractivity contribution < 1.29 is 4.39 Å². The van der Waals surface area contributed by atoms with Crippen molar-refractivity contribution in [1.82, 2.24) is 20.2 Å². The van der Waals surface area contributed by atoms with Gasteiger partial charge in [-0.05, 0) is 18.2 Å². The van der Waals surface area contributed by atoms with Crippen molar-refractivity contribution in [3.8, 4) is 0 Å². The van der Waals surface area contributed by atoms with E-state index < -0.39 is 11.9 Å². The first-order valence-electron chi connectivity index (χ1n) is 4.78. The molecule has 0 amide bonds. The second kappa shape index (κ2) is 4.38. The van der Waals surface area contributed by atoms with Crippen LogP contribution in [0.5, 0.6) is 0 Å². The van der Waals surface area contributed by atoms with E-state index in [1.165, 1.54) is 18.3 Å². The molecule has 16 heavy (non-hydrogen) atoms. The molecule has 6 heteroatoms. The molecule has 2 heterocycles. The van der Waals surface area contributed by atoms with Crippen LogP contribution in [0.2, 0.25) is 0 Å². The number of nitrogens with zero attached hydrogens (tertiary/aromatic N) is 3. The fraction of sp³-hybridized carbons (Fsp3) is 0.200. The number of aromatic nitrogens is 3. The predicted molar refractivity (Wildman–Crippen MR) is 56.6 cm³/mol. The quantitative estimate of drug-likeness (QED) is 0.585. The molecule has 0 aliphatic heterocycles. The van der Waals surface area contributed by atoms with Crippen LogP contribution in [0.25, 0.3) is 0 Å². The SMILES string of the molecule is Cn1ccc(C(NN)c2ncccc2F)n1. The van der Waals surface area contributed by atoms with Crippen LogP contribution >= 0.6 is 0 Å². The molecule has 1 atom stereocenters. The third kappa shape index (κ3) is 1.93. The Hall–Kier alpha value is -1.79. The van der Waals surface area contributed by atoms with Crippen molar-refractivity contribution in [3.63, 3.8) is 0 Å². The number of hydrazine groups is 1. The lowest BCUT2D eigenvalue weighted by Crippen LogP contribution is -2.30. The molecule has 0 radical (unpaired) electrons. The van der Waals surface area contributed by atoms with Crippen LogP contribution in [-0.4, -0.2) is 14.8 Å². The summed E-state index contributed by atoms with van der Waals surface area (Å²) in [5, 5.41) is 4.17. The molecule has 3 N–H and O–H groups in total. The normalized spacial score (nSPS) is 12.7. The Morgan fingerprint density at radius 3 is 2.88 bits per heavy atom. The molecular weight excluding hydrogens is 209 g/mol. The van der Waals surface area contributed by atoms with E-state index in [1.807, 2.05) is 0 Å². The summed E-state index contributed by atoms with van der Waals surface area (Å²) >= 11 is 0. The molecule has 0 fully saturated rings. The number of hydrogen-bond donors (Lipinski definition) is 2. The van der Waals surface area contributed by atoms with Crippen molar-refractivity contribution in [1.29, 1.82) is 0 Å². The Balaban J connectivity index is 2.40. The highest BCUT2D eigenvalue weighted by atomic mass is 19.1. The maximum atomic E-state index is 13.5. The van der Waals surface area contributed by atoms with E-state index in [0.717, 1.165) is 0 Å². The fourth-order valence-corrected chi connectivity index (χ4v) is 1.50. The lowest BCUT2D eigenvalue weighted by molar-refractivity contribution is 0.531. The van der Waals surface area contributed by atoms with Gasteiger partial charge in [0, 0.05) is 19.4 Å². The third-order valence-electron chi connectivity index (χ3n) is 2.26. The zero-order chi connectivity index (χ0) is 11.5. The van der Waals surface area contributed by atoms with Crippen LogP contribution in [0.4, 0.5) is 4.39 Å². The first kappa shape index (κ1) is 10.7. The summed E-state index contributed by atoms with van der Waals surface area (Å²) in [5.74, 6) is 5.00. The van der Waals surface area contributed by atoms with Gasteiger partial charge in [-0.1, -0.05) is 0 Å². The smallest absolute Gasteiger partial charge is 0.146 e. The zero-order valence-electron chi connectivity index (χ0n) is 8.76. The van der Waals surface area contributed by atoms with E-state index >= 15 is 0 Å². The Morgan fingerprint density at radius 2 is 2.31 bits per heavy atom. The van der Waals surface area contributed by atoms with Gasteiger partial charge >= 0.3 is 0 Å². The number of aryl methyl sites for hydroxylation is 1. The molecule has 84 valence electrons. The highest BCUT2D eigenvalue weighted by molar-refractivity contribution is 5.21. The molecule has 0 aliphatic rings. The van der Waals surface area contributed by atoms with Crippen LogP contribution in [0.1, 0.15) is 17.4 Å². The van der Waals surface area contributed by atoms with Crippen molar-refractivity contribution >= 4 is 0 Å². The van der Waals surface area contributed by atoms with Crippen LogP contribution in [0.15, 0.2) is 30.6 Å². The van der Waals surface area contributed by atoms with E-state index in [0.29, 0.717) is 5.69 Å². The van der Waals surface area contributed by atoms with Gasteiger partial charge in [0.15, 0.2) is 0 Å². The standard InChI is InChI=1S/C10H12FN5/c1-16-6-4-8(15-16)10(14-12)9-7(11)3-2-5-13-9/h2-6,10,14H,12H2,1H3. The van der Waals surface area contributed by atoms with Crippen molar-refractivity contribution in [3.05, 3.63) is 47.8 Å². The Labute approximate surface area is 92.1 Å². The van der Waals surface area contributed by atoms with E-state index in [4.69, 9.17) is 5.84 Å². The van der Waals surface area contributed by atoms with Gasteiger partial charge in [0.25, 0.3) is 0 Å². The summed E-state index contributed by atoms with van der Waals surface area (Å²) in [6, 6.07) is 4.10. The highest BCUT2D eigenvalue weighted by Crippen LogP contribution is 2.19. The Kier molecular flexibility index (Phi) is 2.93. The minimum absolute atomic E-state index is 0.240. The minimum Gasteiger partial charge on any atom is -0.275 e. The van der Waals surface area contributed by atoms with Gasteiger partial charge in [-0.15, -0.1) is 0 Å². The molecule has 0 saturated carbocycles. The lowest BCUT2D eigenvalue weighted by atomic mass is 10.1. The number of rotatable bonds is 3. The molecule has 0 spiro atoms. The molecule has 2 rings (SSSR count). The van der Waals surface area contributed by atoms with E-state index in [2.05, 4.69) is 15.5 Å². The maximum Gasteiger partial charge on any atom is 0.146 e. The monoisotopic (exact) mass is 221 g/mol. The molecule has 5 nitrogen and oxygen atoms in total. The van der Waals surface area contributed by atoms with Gasteiger partial charge in [-0.3, -0.25) is 15.5 Å². The average molecular weight is 221 g/mol. The number of pyridine rings is 1. The Bertz CT molecular complexity index is 482. The van der Waals surface area contributed by atoms with E-state index in [-0.39, 0.29) is 5.69 Å². The van der Waals surface area contributed by atoms with Gasteiger partial charge in [-0.2, -0.15) is 5.10 Å². The summed E-state index contributed by atoms with van der Waals surface area (Å²) < 4.78 is 15.2. The first-order valence-corrected chi connectivity index (χ1v) is 4.78. The predicted octanol–water partition coefficient (Wildman–Crippen LogP) is 0.507. The van der Waals surface area contributed by atoms with E-state index in [1.54, 1.807) is 24.0 Å². The fourth-order valence-electron chi connectivity index (χ4n) is 1.50. The number of nitrogens with one attached hydrogen (secondary N) is 1. The maximum absolute atomic E-state index is 13.5. The Morgan fingerprint density at radius 1 is 1.50 bits per heavy atom. The largest absolute Gasteiger partial charge is 0.275 e. The highest BCUT2D eigenvalue weighted by Gasteiger charge is 2.19. The summed E-state index contributed by atoms with van der Waals surface area (Å²) in [6.45, 7) is 0. The second-order valence-corrected chi connectivity index (χ2v) is 3.38. The van der Waals surface area contributed by atoms with Gasteiger partial charge in [-0.25, -0.2) is 9.82 Å². The van der Waals surface area contributed by atoms with Gasteiger partial charge in [0.2, 0.25) is 0 Å². The molecular formula is C10H12FN5. The first-order chi connectivity index (χ1) is 7.72. The molecule has 1 unspecified atom stereocenters. The molecule has 0 bridgehead atoms. The van der Waals surface area contributed by atoms with Crippen LogP contribution in [0, 0.1) is 5.82 Å². The average Bonchev–Trinajstić information content (AvgIpc) is 2.69. The second-order valence-electron chi connectivity index (χ2n) is 3.38. The molecule has 0 aromatic carbocycles. The third-order valence-corrected chi connectivity index (χ3v) is 2.26. The van der Waals surface area contributed by atoms with Crippen LogP contribution in [0.3, 0.4) is 0 Å². The lowest BCUT2D eigenvalue weighted by Gasteiger charge is -2.13. The summed E-state index contributed by atoms with van der Waals surface area (Å²) in [4.78, 5) is 3.97. The summed E-state index contributed by atoms with van der Waals surface area (Å²) in [6.07, 6.45) is 3.28.